The maximum absolute atomic E-state index is 13.9. The van der Waals surface area contributed by atoms with Crippen molar-refractivity contribution in [1.29, 1.82) is 0 Å². The molecule has 10 atom stereocenters. The van der Waals surface area contributed by atoms with E-state index in [-0.39, 0.29) is 12.8 Å². The van der Waals surface area contributed by atoms with Gasteiger partial charge in [-0.2, -0.15) is 0 Å². The molecule has 0 unspecified atom stereocenters. The maximum Gasteiger partial charge on any atom is 0.245 e. The molecule has 0 spiro atoms. The minimum Gasteiger partial charge on any atom is -0.394 e. The molecular weight excluding hydrogens is 913 g/mol. The van der Waals surface area contributed by atoms with Crippen LogP contribution >= 0.6 is 0 Å². The molecule has 0 aromatic carbocycles. The number of hydrogen-bond donors (Lipinski definition) is 14. The molecule has 3 rings (SSSR count). The van der Waals surface area contributed by atoms with Crippen LogP contribution in [-0.2, 0) is 47.9 Å². The Morgan fingerprint density at radius 1 is 0.429 bits per heavy atom. The van der Waals surface area contributed by atoms with Crippen LogP contribution in [0.25, 0.3) is 0 Å². The third kappa shape index (κ3) is 18.7. The van der Waals surface area contributed by atoms with E-state index in [9.17, 15) is 58.2 Å². The average molecular weight is 993 g/mol. The molecule has 3 fully saturated rings. The van der Waals surface area contributed by atoms with E-state index >= 15 is 0 Å². The van der Waals surface area contributed by atoms with Gasteiger partial charge in [-0.15, -0.1) is 0 Å². The summed E-state index contributed by atoms with van der Waals surface area (Å²) in [5, 5.41) is 46.8. The lowest BCUT2D eigenvalue weighted by molar-refractivity contribution is -0.137. The highest BCUT2D eigenvalue weighted by Crippen LogP contribution is 2.26. The Morgan fingerprint density at radius 2 is 0.771 bits per heavy atom. The molecule has 2 saturated carbocycles. The van der Waals surface area contributed by atoms with Crippen molar-refractivity contribution in [3.63, 3.8) is 0 Å². The molecule has 24 nitrogen and oxygen atoms in total. The van der Waals surface area contributed by atoms with Crippen LogP contribution in [0.15, 0.2) is 0 Å². The van der Waals surface area contributed by atoms with Gasteiger partial charge in [0.2, 0.25) is 59.1 Å². The predicted octanol–water partition coefficient (Wildman–Crippen LogP) is -3.95. The Bertz CT molecular complexity index is 1680. The molecule has 0 aromatic rings. The van der Waals surface area contributed by atoms with E-state index in [4.69, 9.17) is 11.5 Å². The monoisotopic (exact) mass is 993 g/mol. The van der Waals surface area contributed by atoms with E-state index in [2.05, 4.69) is 53.2 Å². The van der Waals surface area contributed by atoms with Crippen molar-refractivity contribution in [2.24, 2.45) is 35.1 Å². The lowest BCUT2D eigenvalue weighted by Gasteiger charge is -2.33. The van der Waals surface area contributed by atoms with Crippen molar-refractivity contribution < 1.29 is 58.2 Å². The van der Waals surface area contributed by atoms with E-state index in [1.165, 1.54) is 0 Å². The molecule has 0 aromatic heterocycles. The molecule has 70 heavy (non-hydrogen) atoms. The van der Waals surface area contributed by atoms with Crippen molar-refractivity contribution >= 4 is 59.1 Å². The normalized spacial score (nSPS) is 29.4. The van der Waals surface area contributed by atoms with Crippen LogP contribution in [0.3, 0.4) is 0 Å². The highest BCUT2D eigenvalue weighted by Gasteiger charge is 2.39. The van der Waals surface area contributed by atoms with Crippen molar-refractivity contribution in [2.45, 2.75) is 166 Å². The Balaban J connectivity index is 1.96. The first-order valence-corrected chi connectivity index (χ1v) is 24.9. The third-order valence-corrected chi connectivity index (χ3v) is 13.0. The van der Waals surface area contributed by atoms with Crippen molar-refractivity contribution in [2.75, 3.05) is 39.4 Å². The molecule has 24 heteroatoms. The topological polar surface area (TPSA) is 383 Å². The van der Waals surface area contributed by atoms with E-state index in [1.54, 1.807) is 27.7 Å². The lowest BCUT2D eigenvalue weighted by Crippen LogP contribution is -2.60. The Hall–Kier alpha value is -5.46. The number of hydrogen-bond acceptors (Lipinski definition) is 14. The summed E-state index contributed by atoms with van der Waals surface area (Å²) in [6, 6.07) is -9.30. The molecule has 1 heterocycles. The van der Waals surface area contributed by atoms with Gasteiger partial charge in [-0.05, 0) is 89.1 Å². The van der Waals surface area contributed by atoms with Gasteiger partial charge in [0.05, 0.1) is 38.1 Å². The number of nitrogens with one attached hydrogen (secondary N) is 10. The zero-order valence-electron chi connectivity index (χ0n) is 41.2. The first-order valence-electron chi connectivity index (χ1n) is 24.9. The molecule has 0 radical (unpaired) electrons. The summed E-state index contributed by atoms with van der Waals surface area (Å²) in [4.78, 5) is 136. The minimum atomic E-state index is -1.55. The van der Waals surface area contributed by atoms with E-state index < -0.39 is 157 Å². The number of aliphatic hydroxyl groups excluding tert-OH is 2. The van der Waals surface area contributed by atoms with Gasteiger partial charge < -0.3 is 74.8 Å². The second-order valence-corrected chi connectivity index (χ2v) is 19.2. The summed E-state index contributed by atoms with van der Waals surface area (Å²) < 4.78 is 0. The molecule has 16 N–H and O–H groups in total. The molecular formula is C46H80N12O12. The zero-order valence-corrected chi connectivity index (χ0v) is 41.2. The summed E-state index contributed by atoms with van der Waals surface area (Å²) in [6.07, 6.45) is 6.12. The molecule has 10 amide bonds. The lowest BCUT2D eigenvalue weighted by atomic mass is 9.83. The summed E-state index contributed by atoms with van der Waals surface area (Å²) in [7, 11) is 0. The number of amides is 10. The second kappa shape index (κ2) is 30.3. The SMILES string of the molecule is CC(C)[C@@H]1NC(=O)[C@H]2CCCC[C@@H]2NC(=O)CNC(=O)[C@H](CCCCN)NC(=O)[C@H](CO)NC(=O)[C@H](C(C)C)NC(=O)[C@H]2CCCC[C@@H]2NC(=O)CNC(=O)[C@H](CCCCN)NC(=O)[C@H](CO)NC1=O. The number of rotatable bonds is 12. The number of carbonyl (C=O) groups excluding carboxylic acids is 10. The summed E-state index contributed by atoms with van der Waals surface area (Å²) in [5.74, 6) is -9.84. The maximum atomic E-state index is 13.9. The molecule has 0 bridgehead atoms. The van der Waals surface area contributed by atoms with Crippen LogP contribution in [0, 0.1) is 23.7 Å². The highest BCUT2D eigenvalue weighted by atomic mass is 16.3. The van der Waals surface area contributed by atoms with Crippen LogP contribution in [-0.4, -0.2) is 157 Å². The fourth-order valence-corrected chi connectivity index (χ4v) is 8.90. The van der Waals surface area contributed by atoms with Crippen molar-refractivity contribution in [1.82, 2.24) is 53.2 Å². The van der Waals surface area contributed by atoms with Gasteiger partial charge in [0.25, 0.3) is 0 Å². The van der Waals surface area contributed by atoms with Crippen LogP contribution < -0.4 is 64.6 Å². The number of nitrogens with two attached hydrogens (primary N) is 2. The average Bonchev–Trinajstić information content (AvgIpc) is 3.33. The summed E-state index contributed by atoms with van der Waals surface area (Å²) in [6.45, 7) is 4.45. The van der Waals surface area contributed by atoms with Gasteiger partial charge in [-0.3, -0.25) is 47.9 Å². The number of carbonyl (C=O) groups is 10. The fraction of sp³-hybridized carbons (Fsp3) is 0.783. The van der Waals surface area contributed by atoms with Crippen molar-refractivity contribution in [3.8, 4) is 0 Å². The van der Waals surface area contributed by atoms with Gasteiger partial charge in [0.15, 0.2) is 0 Å². The quantitative estimate of drug-likeness (QED) is 0.0831. The Morgan fingerprint density at radius 3 is 1.10 bits per heavy atom. The first kappa shape index (κ1) is 58.9. The second-order valence-electron chi connectivity index (χ2n) is 19.2. The van der Waals surface area contributed by atoms with E-state index in [1.807, 2.05) is 0 Å². The number of fused-ring (bicyclic) bond motifs is 2. The fourth-order valence-electron chi connectivity index (χ4n) is 8.90. The van der Waals surface area contributed by atoms with Crippen LogP contribution in [0.4, 0.5) is 0 Å². The Labute approximate surface area is 410 Å². The predicted molar refractivity (Wildman–Crippen MR) is 255 cm³/mol. The van der Waals surface area contributed by atoms with Gasteiger partial charge in [0.1, 0.15) is 36.3 Å². The largest absolute Gasteiger partial charge is 0.394 e. The molecule has 2 aliphatic carbocycles. The van der Waals surface area contributed by atoms with Gasteiger partial charge >= 0.3 is 0 Å². The van der Waals surface area contributed by atoms with Crippen LogP contribution in [0.2, 0.25) is 0 Å². The van der Waals surface area contributed by atoms with E-state index in [0.29, 0.717) is 90.1 Å². The summed E-state index contributed by atoms with van der Waals surface area (Å²) >= 11 is 0. The zero-order chi connectivity index (χ0) is 51.9. The third-order valence-electron chi connectivity index (χ3n) is 13.0. The van der Waals surface area contributed by atoms with Gasteiger partial charge in [-0.1, -0.05) is 53.4 Å². The standard InChI is InChI=1S/C46H80N12O12/c1-25(2)37-45(69)55-33(23-59)43(67)53-31(17-9-11-19-47)41(65)50-22-36(62)52-30-16-8-6-14-28(30)40(64)58-38(26(3)4)46(70)56-34(24-60)44(68)54-32(18-10-12-20-48)42(66)49-21-35(61)51-29-15-7-5-13-27(29)39(63)57-37/h25-34,37-38,59-60H,5-24,47-48H2,1-4H3,(H,49,66)(H,50,65)(H,51,61)(H,52,62)(H,53,67)(H,54,68)(H,55,69)(H,56,70)(H,57,63)(H,58,64)/t27-,28-,29-,30-,31-,32-,33-,34-,37-,38-/m0/s1. The van der Waals surface area contributed by atoms with Gasteiger partial charge in [-0.25, -0.2) is 0 Å². The number of unbranched alkanes of at least 4 members (excludes halogenated alkanes) is 2. The van der Waals surface area contributed by atoms with Crippen LogP contribution in [0.5, 0.6) is 0 Å². The van der Waals surface area contributed by atoms with E-state index in [0.717, 1.165) is 0 Å². The van der Waals surface area contributed by atoms with Crippen molar-refractivity contribution in [3.05, 3.63) is 0 Å². The molecule has 1 aliphatic heterocycles. The molecule has 1 saturated heterocycles. The number of aliphatic hydroxyl groups is 2. The highest BCUT2D eigenvalue weighted by molar-refractivity contribution is 5.97. The smallest absolute Gasteiger partial charge is 0.245 e. The van der Waals surface area contributed by atoms with Crippen LogP contribution in [0.1, 0.15) is 118 Å². The molecule has 3 aliphatic rings. The summed E-state index contributed by atoms with van der Waals surface area (Å²) in [5.41, 5.74) is 11.4. The van der Waals surface area contributed by atoms with Gasteiger partial charge in [0, 0.05) is 12.1 Å². The minimum absolute atomic E-state index is 0.0908. The first-order chi connectivity index (χ1) is 33.3. The Kier molecular flexibility index (Phi) is 25.5. The molecule has 396 valence electrons.